The molecule has 4 nitrogen and oxygen atoms in total. The predicted octanol–water partition coefficient (Wildman–Crippen LogP) is 4.71. The zero-order valence-corrected chi connectivity index (χ0v) is 17.9. The highest BCUT2D eigenvalue weighted by Crippen LogP contribution is 2.47. The van der Waals surface area contributed by atoms with Gasteiger partial charge >= 0.3 is 0 Å². The number of carbonyl (C=O) groups excluding carboxylic acids is 2. The van der Waals surface area contributed by atoms with Crippen LogP contribution in [-0.2, 0) is 20.9 Å². The van der Waals surface area contributed by atoms with Crippen LogP contribution in [0.4, 0.5) is 0 Å². The Hall–Kier alpha value is -2.20. The highest BCUT2D eigenvalue weighted by Gasteiger charge is 2.45. The summed E-state index contributed by atoms with van der Waals surface area (Å²) in [5.41, 5.74) is 4.54. The van der Waals surface area contributed by atoms with E-state index in [1.807, 2.05) is 30.3 Å². The lowest BCUT2D eigenvalue weighted by Gasteiger charge is -2.43. The van der Waals surface area contributed by atoms with Gasteiger partial charge in [-0.3, -0.25) is 9.59 Å². The van der Waals surface area contributed by atoms with E-state index < -0.39 is 0 Å². The Kier molecular flexibility index (Phi) is 5.02. The standard InChI is InChI=1S/C25H31NO3/c1-24(2)10-18-22(20(27)12-24)17(15-29-14-16-8-6-5-7-9-16)23-19(26-18)11-25(3,4)13-21(23)28/h5-9,17,26H,10-15H2,1-4H3. The first-order valence-electron chi connectivity index (χ1n) is 10.6. The first kappa shape index (κ1) is 20.1. The van der Waals surface area contributed by atoms with Crippen molar-refractivity contribution in [2.24, 2.45) is 16.7 Å². The highest BCUT2D eigenvalue weighted by molar-refractivity contribution is 6.05. The maximum atomic E-state index is 13.1. The van der Waals surface area contributed by atoms with Gasteiger partial charge in [0.25, 0.3) is 0 Å². The fourth-order valence-electron chi connectivity index (χ4n) is 5.06. The molecule has 4 rings (SSSR count). The van der Waals surface area contributed by atoms with Gasteiger partial charge in [0.05, 0.1) is 13.2 Å². The third-order valence-corrected chi connectivity index (χ3v) is 6.23. The second-order valence-electron chi connectivity index (χ2n) is 10.3. The molecule has 0 spiro atoms. The largest absolute Gasteiger partial charge is 0.376 e. The molecule has 3 aliphatic rings. The van der Waals surface area contributed by atoms with Gasteiger partial charge in [0, 0.05) is 41.3 Å². The average Bonchev–Trinajstić information content (AvgIpc) is 2.59. The molecule has 1 aromatic carbocycles. The Bertz CT molecular complexity index is 853. The van der Waals surface area contributed by atoms with Gasteiger partial charge < -0.3 is 10.1 Å². The van der Waals surface area contributed by atoms with Crippen LogP contribution in [0.3, 0.4) is 0 Å². The summed E-state index contributed by atoms with van der Waals surface area (Å²) < 4.78 is 6.06. The predicted molar refractivity (Wildman–Crippen MR) is 113 cm³/mol. The monoisotopic (exact) mass is 393 g/mol. The molecule has 0 bridgehead atoms. The molecule has 29 heavy (non-hydrogen) atoms. The molecule has 1 heterocycles. The summed E-state index contributed by atoms with van der Waals surface area (Å²) in [6.07, 6.45) is 2.69. The van der Waals surface area contributed by atoms with Gasteiger partial charge in [-0.1, -0.05) is 58.0 Å². The van der Waals surface area contributed by atoms with Gasteiger partial charge in [-0.2, -0.15) is 0 Å². The molecule has 0 amide bonds. The number of hydrogen-bond donors (Lipinski definition) is 1. The zero-order valence-electron chi connectivity index (χ0n) is 17.9. The molecule has 0 atom stereocenters. The minimum atomic E-state index is -0.253. The summed E-state index contributed by atoms with van der Waals surface area (Å²) >= 11 is 0. The summed E-state index contributed by atoms with van der Waals surface area (Å²) in [4.78, 5) is 26.2. The Labute approximate surface area is 173 Å². The highest BCUT2D eigenvalue weighted by atomic mass is 16.5. The number of hydrogen-bond acceptors (Lipinski definition) is 4. The van der Waals surface area contributed by atoms with Crippen LogP contribution in [0.2, 0.25) is 0 Å². The number of allylic oxidation sites excluding steroid dienone is 2. The van der Waals surface area contributed by atoms with E-state index in [0.29, 0.717) is 26.1 Å². The Morgan fingerprint density at radius 2 is 1.38 bits per heavy atom. The van der Waals surface area contributed by atoms with Gasteiger partial charge in [-0.25, -0.2) is 0 Å². The van der Waals surface area contributed by atoms with E-state index in [-0.39, 0.29) is 28.3 Å². The van der Waals surface area contributed by atoms with Crippen LogP contribution in [-0.4, -0.2) is 18.2 Å². The van der Waals surface area contributed by atoms with Crippen molar-refractivity contribution in [3.05, 3.63) is 58.4 Å². The van der Waals surface area contributed by atoms with Crippen molar-refractivity contribution in [1.29, 1.82) is 0 Å². The second-order valence-corrected chi connectivity index (χ2v) is 10.3. The number of carbonyl (C=O) groups is 2. The van der Waals surface area contributed by atoms with Crippen LogP contribution in [0.25, 0.3) is 0 Å². The number of nitrogens with one attached hydrogen (secondary N) is 1. The molecule has 0 saturated heterocycles. The van der Waals surface area contributed by atoms with Crippen LogP contribution >= 0.6 is 0 Å². The van der Waals surface area contributed by atoms with Crippen molar-refractivity contribution in [2.75, 3.05) is 6.61 Å². The Balaban J connectivity index is 1.65. The summed E-state index contributed by atoms with van der Waals surface area (Å²) in [6.45, 7) is 9.39. The van der Waals surface area contributed by atoms with Crippen molar-refractivity contribution in [3.63, 3.8) is 0 Å². The van der Waals surface area contributed by atoms with E-state index >= 15 is 0 Å². The van der Waals surface area contributed by atoms with E-state index in [4.69, 9.17) is 4.74 Å². The van der Waals surface area contributed by atoms with Crippen LogP contribution in [0.15, 0.2) is 52.9 Å². The quantitative estimate of drug-likeness (QED) is 0.805. The van der Waals surface area contributed by atoms with Crippen LogP contribution in [0, 0.1) is 16.7 Å². The fraction of sp³-hybridized carbons (Fsp3) is 0.520. The zero-order chi connectivity index (χ0) is 20.8. The maximum Gasteiger partial charge on any atom is 0.161 e. The van der Waals surface area contributed by atoms with E-state index in [0.717, 1.165) is 40.9 Å². The Morgan fingerprint density at radius 3 is 1.90 bits per heavy atom. The number of ketones is 2. The van der Waals surface area contributed by atoms with Crippen molar-refractivity contribution in [3.8, 4) is 0 Å². The van der Waals surface area contributed by atoms with Gasteiger partial charge in [0.15, 0.2) is 11.6 Å². The molecule has 0 fully saturated rings. The van der Waals surface area contributed by atoms with Gasteiger partial charge in [0.2, 0.25) is 0 Å². The maximum absolute atomic E-state index is 13.1. The van der Waals surface area contributed by atoms with Crippen molar-refractivity contribution in [2.45, 2.75) is 60.0 Å². The molecule has 154 valence electrons. The number of Topliss-reactive ketones (excluding diaryl/α,β-unsaturated/α-hetero) is 2. The smallest absolute Gasteiger partial charge is 0.161 e. The summed E-state index contributed by atoms with van der Waals surface area (Å²) in [5.74, 6) is 0.0552. The summed E-state index contributed by atoms with van der Waals surface area (Å²) in [6, 6.07) is 10.0. The topological polar surface area (TPSA) is 55.4 Å². The molecule has 4 heteroatoms. The lowest BCUT2D eigenvalue weighted by Crippen LogP contribution is -2.44. The summed E-state index contributed by atoms with van der Waals surface area (Å²) in [5, 5.41) is 3.53. The minimum Gasteiger partial charge on any atom is -0.376 e. The van der Waals surface area contributed by atoms with Crippen molar-refractivity contribution < 1.29 is 14.3 Å². The lowest BCUT2D eigenvalue weighted by molar-refractivity contribution is -0.120. The van der Waals surface area contributed by atoms with Crippen molar-refractivity contribution in [1.82, 2.24) is 5.32 Å². The average molecular weight is 394 g/mol. The van der Waals surface area contributed by atoms with E-state index in [1.165, 1.54) is 0 Å². The van der Waals surface area contributed by atoms with Gasteiger partial charge in [-0.15, -0.1) is 0 Å². The SMILES string of the molecule is CC1(C)CC(=O)C2=C(C1)NC1=C(C(=O)CC(C)(C)C1)C2COCc1ccccc1. The normalized spacial score (nSPS) is 23.6. The van der Waals surface area contributed by atoms with E-state index in [2.05, 4.69) is 33.0 Å². The third kappa shape index (κ3) is 4.09. The molecular formula is C25H31NO3. The molecule has 1 aromatic rings. The first-order valence-corrected chi connectivity index (χ1v) is 10.6. The lowest BCUT2D eigenvalue weighted by atomic mass is 9.66. The van der Waals surface area contributed by atoms with Crippen LogP contribution < -0.4 is 5.32 Å². The number of rotatable bonds is 4. The molecular weight excluding hydrogens is 362 g/mol. The van der Waals surface area contributed by atoms with E-state index in [9.17, 15) is 9.59 Å². The molecule has 0 unspecified atom stereocenters. The van der Waals surface area contributed by atoms with Gasteiger partial charge in [0.1, 0.15) is 0 Å². The number of benzene rings is 1. The van der Waals surface area contributed by atoms with Crippen LogP contribution in [0.1, 0.15) is 58.9 Å². The second kappa shape index (κ2) is 7.24. The number of dihydropyridines is 1. The molecule has 1 N–H and O–H groups in total. The first-order chi connectivity index (χ1) is 13.7. The molecule has 0 saturated carbocycles. The van der Waals surface area contributed by atoms with Crippen molar-refractivity contribution >= 4 is 11.6 Å². The van der Waals surface area contributed by atoms with E-state index in [1.54, 1.807) is 0 Å². The van der Waals surface area contributed by atoms with Gasteiger partial charge in [-0.05, 0) is 29.2 Å². The molecule has 1 aliphatic heterocycles. The minimum absolute atomic E-state index is 0.0649. The summed E-state index contributed by atoms with van der Waals surface area (Å²) in [7, 11) is 0. The molecule has 0 aromatic heterocycles. The fourth-order valence-corrected chi connectivity index (χ4v) is 5.06. The molecule has 0 radical (unpaired) electrons. The number of ether oxygens (including phenoxy) is 1. The molecule has 2 aliphatic carbocycles. The third-order valence-electron chi connectivity index (χ3n) is 6.23. The van der Waals surface area contributed by atoms with Crippen LogP contribution in [0.5, 0.6) is 0 Å². The Morgan fingerprint density at radius 1 is 0.862 bits per heavy atom.